The van der Waals surface area contributed by atoms with Crippen LogP contribution in [0.4, 0.5) is 27.4 Å². The van der Waals surface area contributed by atoms with Crippen molar-refractivity contribution in [2.24, 2.45) is 0 Å². The fourth-order valence-corrected chi connectivity index (χ4v) is 2.68. The molecule has 0 amide bonds. The van der Waals surface area contributed by atoms with Gasteiger partial charge in [-0.1, -0.05) is 6.07 Å². The number of hydrogen-bond donors (Lipinski definition) is 2. The molecule has 1 aliphatic heterocycles. The van der Waals surface area contributed by atoms with Gasteiger partial charge in [0.1, 0.15) is 36.5 Å². The molecule has 1 aromatic heterocycles. The second-order valence-corrected chi connectivity index (χ2v) is 5.80. The molecule has 0 spiro atoms. The average molecular weight is 352 g/mol. The lowest BCUT2D eigenvalue weighted by Crippen LogP contribution is -2.15. The molecule has 2 N–H and O–H groups in total. The normalized spacial score (nSPS) is 12.5. The Kier molecular flexibility index (Phi) is 4.27. The van der Waals surface area contributed by atoms with Crippen LogP contribution in [0.15, 0.2) is 48.5 Å². The van der Waals surface area contributed by atoms with Gasteiger partial charge in [0.15, 0.2) is 11.5 Å². The Balaban J connectivity index is 1.56. The summed E-state index contributed by atoms with van der Waals surface area (Å²) in [4.78, 5) is 8.73. The number of nitrogens with zero attached hydrogens (tertiary/aromatic N) is 2. The van der Waals surface area contributed by atoms with Crippen LogP contribution in [0.3, 0.4) is 0 Å². The summed E-state index contributed by atoms with van der Waals surface area (Å²) in [6.45, 7) is 2.89. The van der Waals surface area contributed by atoms with Crippen LogP contribution in [-0.2, 0) is 0 Å². The van der Waals surface area contributed by atoms with Crippen molar-refractivity contribution in [2.45, 2.75) is 6.92 Å². The minimum Gasteiger partial charge on any atom is -0.486 e. The van der Waals surface area contributed by atoms with Gasteiger partial charge in [-0.05, 0) is 37.3 Å². The van der Waals surface area contributed by atoms with Crippen LogP contribution in [-0.4, -0.2) is 23.2 Å². The van der Waals surface area contributed by atoms with Gasteiger partial charge >= 0.3 is 0 Å². The van der Waals surface area contributed by atoms with E-state index in [4.69, 9.17) is 9.47 Å². The summed E-state index contributed by atoms with van der Waals surface area (Å²) in [6.07, 6.45) is 0. The number of aryl methyl sites for hydroxylation is 1. The van der Waals surface area contributed by atoms with E-state index in [9.17, 15) is 4.39 Å². The molecule has 0 saturated heterocycles. The van der Waals surface area contributed by atoms with Crippen LogP contribution in [0.25, 0.3) is 0 Å². The molecule has 1 aliphatic rings. The number of halogens is 1. The first-order chi connectivity index (χ1) is 12.7. The summed E-state index contributed by atoms with van der Waals surface area (Å²) in [5.41, 5.74) is 1.44. The van der Waals surface area contributed by atoms with E-state index < -0.39 is 0 Å². The predicted molar refractivity (Wildman–Crippen MR) is 97.2 cm³/mol. The zero-order valence-electron chi connectivity index (χ0n) is 14.1. The van der Waals surface area contributed by atoms with E-state index in [0.29, 0.717) is 42.1 Å². The van der Waals surface area contributed by atoms with Gasteiger partial charge in [0.25, 0.3) is 0 Å². The minimum atomic E-state index is -0.310. The van der Waals surface area contributed by atoms with Gasteiger partial charge in [0, 0.05) is 23.5 Å². The van der Waals surface area contributed by atoms with Crippen molar-refractivity contribution >= 4 is 23.0 Å². The maximum atomic E-state index is 13.3. The van der Waals surface area contributed by atoms with E-state index in [1.807, 2.05) is 18.2 Å². The van der Waals surface area contributed by atoms with Gasteiger partial charge in [-0.25, -0.2) is 14.4 Å². The number of nitrogens with one attached hydrogen (secondary N) is 2. The van der Waals surface area contributed by atoms with E-state index in [1.54, 1.807) is 25.1 Å². The van der Waals surface area contributed by atoms with Crippen molar-refractivity contribution in [1.82, 2.24) is 9.97 Å². The zero-order valence-corrected chi connectivity index (χ0v) is 14.1. The maximum absolute atomic E-state index is 13.3. The molecule has 132 valence electrons. The van der Waals surface area contributed by atoms with Crippen LogP contribution in [0.1, 0.15) is 5.82 Å². The summed E-state index contributed by atoms with van der Waals surface area (Å²) in [6, 6.07) is 13.6. The first-order valence-corrected chi connectivity index (χ1v) is 8.21. The lowest BCUT2D eigenvalue weighted by atomic mass is 10.2. The summed E-state index contributed by atoms with van der Waals surface area (Å²) < 4.78 is 24.5. The minimum absolute atomic E-state index is 0.310. The lowest BCUT2D eigenvalue weighted by molar-refractivity contribution is 0.171. The molecule has 6 nitrogen and oxygen atoms in total. The quantitative estimate of drug-likeness (QED) is 0.734. The molecule has 2 aromatic carbocycles. The number of aromatic nitrogens is 2. The Bertz CT molecular complexity index is 949. The largest absolute Gasteiger partial charge is 0.486 e. The predicted octanol–water partition coefficient (Wildman–Crippen LogP) is 4.18. The molecular weight excluding hydrogens is 335 g/mol. The second-order valence-electron chi connectivity index (χ2n) is 5.80. The standard InChI is InChI=1S/C19H17FN4O2/c1-12-21-18(23-14-4-2-3-13(20)9-14)11-19(22-12)24-15-5-6-16-17(10-15)26-8-7-25-16/h2-6,9-11H,7-8H2,1H3,(H2,21,22,23,24). The molecule has 7 heteroatoms. The lowest BCUT2D eigenvalue weighted by Gasteiger charge is -2.19. The van der Waals surface area contributed by atoms with Crippen LogP contribution in [0, 0.1) is 12.7 Å². The molecule has 0 aliphatic carbocycles. The van der Waals surface area contributed by atoms with Gasteiger partial charge < -0.3 is 20.1 Å². The number of ether oxygens (including phenoxy) is 2. The van der Waals surface area contributed by atoms with Crippen molar-refractivity contribution in [3.8, 4) is 11.5 Å². The molecule has 0 saturated carbocycles. The van der Waals surface area contributed by atoms with E-state index in [2.05, 4.69) is 20.6 Å². The van der Waals surface area contributed by atoms with E-state index in [0.717, 1.165) is 11.4 Å². The topological polar surface area (TPSA) is 68.3 Å². The first-order valence-electron chi connectivity index (χ1n) is 8.21. The highest BCUT2D eigenvalue weighted by atomic mass is 19.1. The van der Waals surface area contributed by atoms with Gasteiger partial charge in [-0.3, -0.25) is 0 Å². The second kappa shape index (κ2) is 6.87. The molecular formula is C19H17FN4O2. The van der Waals surface area contributed by atoms with E-state index >= 15 is 0 Å². The highest BCUT2D eigenvalue weighted by Crippen LogP contribution is 2.33. The molecule has 4 rings (SSSR count). The molecule has 0 atom stereocenters. The fraction of sp³-hybridized carbons (Fsp3) is 0.158. The number of anilines is 4. The van der Waals surface area contributed by atoms with Gasteiger partial charge in [-0.2, -0.15) is 0 Å². The molecule has 0 fully saturated rings. The van der Waals surface area contributed by atoms with Crippen molar-refractivity contribution in [1.29, 1.82) is 0 Å². The molecule has 3 aromatic rings. The Morgan fingerprint density at radius 3 is 2.27 bits per heavy atom. The van der Waals surface area contributed by atoms with Gasteiger partial charge in [-0.15, -0.1) is 0 Å². The highest BCUT2D eigenvalue weighted by Gasteiger charge is 2.12. The number of fused-ring (bicyclic) bond motifs is 1. The average Bonchev–Trinajstić information content (AvgIpc) is 2.61. The monoisotopic (exact) mass is 352 g/mol. The molecule has 0 bridgehead atoms. The van der Waals surface area contributed by atoms with Crippen molar-refractivity contribution in [3.05, 3.63) is 60.2 Å². The Morgan fingerprint density at radius 2 is 1.54 bits per heavy atom. The van der Waals surface area contributed by atoms with Crippen LogP contribution < -0.4 is 20.1 Å². The Labute approximate surface area is 150 Å². The summed E-state index contributed by atoms with van der Waals surface area (Å²) in [5, 5.41) is 6.32. The molecule has 26 heavy (non-hydrogen) atoms. The molecule has 0 unspecified atom stereocenters. The third kappa shape index (κ3) is 3.66. The summed E-state index contributed by atoms with van der Waals surface area (Å²) in [7, 11) is 0. The molecule has 0 radical (unpaired) electrons. The van der Waals surface area contributed by atoms with E-state index in [1.165, 1.54) is 12.1 Å². The third-order valence-corrected chi connectivity index (χ3v) is 3.75. The summed E-state index contributed by atoms with van der Waals surface area (Å²) in [5.74, 6) is 2.90. The number of benzene rings is 2. The van der Waals surface area contributed by atoms with Crippen molar-refractivity contribution < 1.29 is 13.9 Å². The molecule has 2 heterocycles. The van der Waals surface area contributed by atoms with Crippen molar-refractivity contribution in [2.75, 3.05) is 23.8 Å². The van der Waals surface area contributed by atoms with Crippen LogP contribution in [0.2, 0.25) is 0 Å². The smallest absolute Gasteiger partial charge is 0.163 e. The highest BCUT2D eigenvalue weighted by molar-refractivity contribution is 5.65. The van der Waals surface area contributed by atoms with Gasteiger partial charge in [0.2, 0.25) is 0 Å². The first kappa shape index (κ1) is 16.1. The van der Waals surface area contributed by atoms with Crippen LogP contribution in [0.5, 0.6) is 11.5 Å². The number of rotatable bonds is 4. The van der Waals surface area contributed by atoms with E-state index in [-0.39, 0.29) is 5.82 Å². The van der Waals surface area contributed by atoms with Gasteiger partial charge in [0.05, 0.1) is 0 Å². The SMILES string of the molecule is Cc1nc(Nc2cccc(F)c2)cc(Nc2ccc3c(c2)OCCO3)n1. The van der Waals surface area contributed by atoms with Crippen molar-refractivity contribution in [3.63, 3.8) is 0 Å². The zero-order chi connectivity index (χ0) is 17.9. The van der Waals surface area contributed by atoms with Crippen LogP contribution >= 0.6 is 0 Å². The maximum Gasteiger partial charge on any atom is 0.163 e. The Morgan fingerprint density at radius 1 is 0.846 bits per heavy atom. The third-order valence-electron chi connectivity index (χ3n) is 3.75. The summed E-state index contributed by atoms with van der Waals surface area (Å²) >= 11 is 0. The Hall–Kier alpha value is -3.35. The fourth-order valence-electron chi connectivity index (χ4n) is 2.68. The number of hydrogen-bond acceptors (Lipinski definition) is 6.